The molecule has 114 valence electrons. The highest BCUT2D eigenvalue weighted by Gasteiger charge is 2.10. The van der Waals surface area contributed by atoms with Crippen molar-refractivity contribution in [3.8, 4) is 0 Å². The molecule has 3 aromatic rings. The summed E-state index contributed by atoms with van der Waals surface area (Å²) < 4.78 is 0. The Labute approximate surface area is 133 Å². The second-order valence-corrected chi connectivity index (χ2v) is 5.98. The molecule has 0 unspecified atom stereocenters. The second kappa shape index (κ2) is 6.23. The zero-order valence-electron chi connectivity index (χ0n) is 12.7. The molecule has 1 aromatic carbocycles. The SMILES string of the molecule is CCN(CC)c1ccc(NC(=O)c2cc3ccsc3[nH]2)cc1. The summed E-state index contributed by atoms with van der Waals surface area (Å²) in [7, 11) is 0. The summed E-state index contributed by atoms with van der Waals surface area (Å²) >= 11 is 1.60. The molecule has 2 N–H and O–H groups in total. The predicted octanol–water partition coefficient (Wildman–Crippen LogP) is 4.33. The van der Waals surface area contributed by atoms with Crippen LogP contribution in [-0.4, -0.2) is 24.0 Å². The lowest BCUT2D eigenvalue weighted by molar-refractivity contribution is 0.102. The quantitative estimate of drug-likeness (QED) is 0.736. The van der Waals surface area contributed by atoms with Gasteiger partial charge in [0.25, 0.3) is 5.91 Å². The molecule has 5 heteroatoms. The minimum absolute atomic E-state index is 0.112. The zero-order chi connectivity index (χ0) is 15.5. The number of aromatic amines is 1. The van der Waals surface area contributed by atoms with E-state index in [1.54, 1.807) is 11.3 Å². The summed E-state index contributed by atoms with van der Waals surface area (Å²) in [4.78, 5) is 18.7. The first kappa shape index (κ1) is 14.7. The van der Waals surface area contributed by atoms with Gasteiger partial charge in [-0.3, -0.25) is 4.79 Å². The number of benzene rings is 1. The van der Waals surface area contributed by atoms with Crippen LogP contribution in [-0.2, 0) is 0 Å². The second-order valence-electron chi connectivity index (χ2n) is 5.06. The molecule has 0 aliphatic rings. The van der Waals surface area contributed by atoms with Gasteiger partial charge in [0.05, 0.1) is 0 Å². The van der Waals surface area contributed by atoms with E-state index in [9.17, 15) is 4.79 Å². The number of nitrogens with zero attached hydrogens (tertiary/aromatic N) is 1. The minimum atomic E-state index is -0.112. The molecule has 0 aliphatic carbocycles. The molecule has 0 radical (unpaired) electrons. The standard InChI is InChI=1S/C17H19N3OS/c1-3-20(4-2)14-7-5-13(6-8-14)18-16(21)15-11-12-9-10-22-17(12)19-15/h5-11,19H,3-4H2,1-2H3,(H,18,21). The third-order valence-corrected chi connectivity index (χ3v) is 4.59. The molecule has 0 saturated carbocycles. The van der Waals surface area contributed by atoms with Gasteiger partial charge in [-0.25, -0.2) is 0 Å². The number of hydrogen-bond acceptors (Lipinski definition) is 3. The van der Waals surface area contributed by atoms with Crippen LogP contribution in [0.25, 0.3) is 10.2 Å². The van der Waals surface area contributed by atoms with Gasteiger partial charge in [0.2, 0.25) is 0 Å². The van der Waals surface area contributed by atoms with Gasteiger partial charge in [-0.2, -0.15) is 0 Å². The van der Waals surface area contributed by atoms with E-state index in [2.05, 4.69) is 29.0 Å². The summed E-state index contributed by atoms with van der Waals surface area (Å²) in [5, 5.41) is 6.01. The van der Waals surface area contributed by atoms with Crippen molar-refractivity contribution in [1.29, 1.82) is 0 Å². The van der Waals surface area contributed by atoms with Crippen molar-refractivity contribution in [2.45, 2.75) is 13.8 Å². The number of carbonyl (C=O) groups is 1. The van der Waals surface area contributed by atoms with Gasteiger partial charge in [0.15, 0.2) is 0 Å². The fraction of sp³-hybridized carbons (Fsp3) is 0.235. The third-order valence-electron chi connectivity index (χ3n) is 3.74. The van der Waals surface area contributed by atoms with Crippen LogP contribution in [0.15, 0.2) is 41.8 Å². The monoisotopic (exact) mass is 313 g/mol. The fourth-order valence-corrected chi connectivity index (χ4v) is 3.30. The Morgan fingerprint density at radius 2 is 1.91 bits per heavy atom. The van der Waals surface area contributed by atoms with E-state index in [1.165, 1.54) is 5.69 Å². The van der Waals surface area contributed by atoms with E-state index in [0.717, 1.165) is 29.0 Å². The number of rotatable bonds is 5. The lowest BCUT2D eigenvalue weighted by Crippen LogP contribution is -2.21. The van der Waals surface area contributed by atoms with Crippen molar-refractivity contribution in [2.24, 2.45) is 0 Å². The first-order valence-corrected chi connectivity index (χ1v) is 8.31. The van der Waals surface area contributed by atoms with Gasteiger partial charge in [-0.05, 0) is 55.6 Å². The average Bonchev–Trinajstić information content (AvgIpc) is 3.11. The zero-order valence-corrected chi connectivity index (χ0v) is 13.5. The molecule has 0 spiro atoms. The Balaban J connectivity index is 1.72. The third kappa shape index (κ3) is 2.85. The number of amides is 1. The van der Waals surface area contributed by atoms with Gasteiger partial charge in [-0.15, -0.1) is 11.3 Å². The number of nitrogens with one attached hydrogen (secondary N) is 2. The Hall–Kier alpha value is -2.27. The van der Waals surface area contributed by atoms with Gasteiger partial charge in [-0.1, -0.05) is 0 Å². The predicted molar refractivity (Wildman–Crippen MR) is 94.1 cm³/mol. The summed E-state index contributed by atoms with van der Waals surface area (Å²) in [5.41, 5.74) is 2.57. The van der Waals surface area contributed by atoms with Gasteiger partial charge in [0, 0.05) is 29.9 Å². The van der Waals surface area contributed by atoms with Crippen molar-refractivity contribution < 1.29 is 4.79 Å². The summed E-state index contributed by atoms with van der Waals surface area (Å²) in [6, 6.07) is 11.8. The highest BCUT2D eigenvalue weighted by molar-refractivity contribution is 7.16. The fourth-order valence-electron chi connectivity index (χ4n) is 2.51. The van der Waals surface area contributed by atoms with E-state index in [-0.39, 0.29) is 5.91 Å². The van der Waals surface area contributed by atoms with E-state index < -0.39 is 0 Å². The number of carbonyl (C=O) groups excluding carboxylic acids is 1. The highest BCUT2D eigenvalue weighted by Crippen LogP contribution is 2.22. The van der Waals surface area contributed by atoms with Crippen LogP contribution in [0.2, 0.25) is 0 Å². The van der Waals surface area contributed by atoms with Crippen LogP contribution >= 0.6 is 11.3 Å². The molecule has 1 amide bonds. The van der Waals surface area contributed by atoms with Gasteiger partial charge >= 0.3 is 0 Å². The van der Waals surface area contributed by atoms with Crippen LogP contribution in [0.3, 0.4) is 0 Å². The Kier molecular flexibility index (Phi) is 4.15. The smallest absolute Gasteiger partial charge is 0.272 e. The Morgan fingerprint density at radius 3 is 2.55 bits per heavy atom. The van der Waals surface area contributed by atoms with E-state index in [1.807, 2.05) is 41.8 Å². The lowest BCUT2D eigenvalue weighted by Gasteiger charge is -2.21. The highest BCUT2D eigenvalue weighted by atomic mass is 32.1. The van der Waals surface area contributed by atoms with Crippen LogP contribution in [0, 0.1) is 0 Å². The molecule has 22 heavy (non-hydrogen) atoms. The summed E-state index contributed by atoms with van der Waals surface area (Å²) in [6.45, 7) is 6.22. The minimum Gasteiger partial charge on any atom is -0.372 e. The van der Waals surface area contributed by atoms with Crippen LogP contribution in [0.5, 0.6) is 0 Å². The number of fused-ring (bicyclic) bond motifs is 1. The van der Waals surface area contributed by atoms with Crippen molar-refractivity contribution in [1.82, 2.24) is 4.98 Å². The van der Waals surface area contributed by atoms with Gasteiger partial charge < -0.3 is 15.2 Å². The first-order chi connectivity index (χ1) is 10.7. The maximum Gasteiger partial charge on any atom is 0.272 e. The summed E-state index contributed by atoms with van der Waals surface area (Å²) in [6.07, 6.45) is 0. The molecule has 3 rings (SSSR count). The molecule has 0 bridgehead atoms. The number of anilines is 2. The van der Waals surface area contributed by atoms with Crippen molar-refractivity contribution >= 4 is 38.8 Å². The van der Waals surface area contributed by atoms with Crippen LogP contribution in [0.1, 0.15) is 24.3 Å². The maximum absolute atomic E-state index is 12.3. The Bertz CT molecular complexity index is 740. The number of H-pyrrole nitrogens is 1. The lowest BCUT2D eigenvalue weighted by atomic mass is 10.2. The molecule has 0 fully saturated rings. The van der Waals surface area contributed by atoms with E-state index in [0.29, 0.717) is 5.69 Å². The van der Waals surface area contributed by atoms with Gasteiger partial charge in [0.1, 0.15) is 10.5 Å². The molecule has 4 nitrogen and oxygen atoms in total. The molecule has 2 heterocycles. The topological polar surface area (TPSA) is 48.1 Å². The molecular formula is C17H19N3OS. The van der Waals surface area contributed by atoms with Crippen LogP contribution < -0.4 is 10.2 Å². The molecule has 2 aromatic heterocycles. The maximum atomic E-state index is 12.3. The normalized spacial score (nSPS) is 10.8. The van der Waals surface area contributed by atoms with Crippen molar-refractivity contribution in [2.75, 3.05) is 23.3 Å². The number of aromatic nitrogens is 1. The number of thiophene rings is 1. The van der Waals surface area contributed by atoms with Crippen molar-refractivity contribution in [3.63, 3.8) is 0 Å². The Morgan fingerprint density at radius 1 is 1.18 bits per heavy atom. The van der Waals surface area contributed by atoms with E-state index >= 15 is 0 Å². The first-order valence-electron chi connectivity index (χ1n) is 7.43. The average molecular weight is 313 g/mol. The molecule has 0 aliphatic heterocycles. The summed E-state index contributed by atoms with van der Waals surface area (Å²) in [5.74, 6) is -0.112. The largest absolute Gasteiger partial charge is 0.372 e. The van der Waals surface area contributed by atoms with Crippen molar-refractivity contribution in [3.05, 3.63) is 47.5 Å². The molecule has 0 atom stereocenters. The molecule has 0 saturated heterocycles. The number of hydrogen-bond donors (Lipinski definition) is 2. The molecular weight excluding hydrogens is 294 g/mol. The van der Waals surface area contributed by atoms with Crippen LogP contribution in [0.4, 0.5) is 11.4 Å². The van der Waals surface area contributed by atoms with E-state index in [4.69, 9.17) is 0 Å².